The van der Waals surface area contributed by atoms with Gasteiger partial charge >= 0.3 is 6.09 Å². The SMILES string of the molecule is COc1ccc(C(OCC2OC(n3cnc4c(NC(=O)c5ccc(CNC(=O)OCCSC)cc5)ncnc43)CC2OP(OCCC#N)N(C(C)C)C(C)C)(c2ccccc2)c2ccc(OC)cc2)cc1. The fraction of sp³-hybridized carbons (Fsp3) is 0.385. The number of carbonyl (C=O) groups excluding carboxylic acids is 2. The smallest absolute Gasteiger partial charge is 0.407 e. The average Bonchev–Trinajstić information content (AvgIpc) is 4.01. The number of methoxy groups -OCH3 is 2. The van der Waals surface area contributed by atoms with Crippen LogP contribution < -0.4 is 20.1 Å². The Balaban J connectivity index is 1.20. The van der Waals surface area contributed by atoms with Crippen LogP contribution in [0.4, 0.5) is 10.6 Å². The van der Waals surface area contributed by atoms with Crippen molar-refractivity contribution in [3.05, 3.63) is 144 Å². The molecule has 71 heavy (non-hydrogen) atoms. The molecule has 0 radical (unpaired) electrons. The molecule has 6 aromatic rings. The van der Waals surface area contributed by atoms with Crippen LogP contribution in [0, 0.1) is 11.3 Å². The van der Waals surface area contributed by atoms with E-state index >= 15 is 0 Å². The minimum Gasteiger partial charge on any atom is -0.497 e. The van der Waals surface area contributed by atoms with Crippen molar-refractivity contribution in [1.29, 1.82) is 5.26 Å². The first-order valence-corrected chi connectivity index (χ1v) is 25.9. The molecule has 4 atom stereocenters. The van der Waals surface area contributed by atoms with E-state index in [1.165, 1.54) is 6.33 Å². The number of alkyl carbamates (subject to hydrolysis) is 1. The van der Waals surface area contributed by atoms with E-state index in [0.717, 1.165) is 22.3 Å². The van der Waals surface area contributed by atoms with Gasteiger partial charge in [-0.15, -0.1) is 0 Å². The highest BCUT2D eigenvalue weighted by atomic mass is 32.2. The van der Waals surface area contributed by atoms with Crippen LogP contribution in [-0.4, -0.2) is 107 Å². The number of carbonyl (C=O) groups is 2. The van der Waals surface area contributed by atoms with E-state index in [0.29, 0.717) is 47.0 Å². The maximum Gasteiger partial charge on any atom is 0.407 e. The number of nitrogens with zero attached hydrogens (tertiary/aromatic N) is 6. The van der Waals surface area contributed by atoms with Gasteiger partial charge in [0.25, 0.3) is 14.4 Å². The maximum atomic E-state index is 13.6. The number of ether oxygens (including phenoxy) is 5. The van der Waals surface area contributed by atoms with E-state index < -0.39 is 44.6 Å². The van der Waals surface area contributed by atoms with E-state index in [2.05, 4.69) is 59.0 Å². The first kappa shape index (κ1) is 52.7. The molecule has 0 spiro atoms. The van der Waals surface area contributed by atoms with Crippen molar-refractivity contribution in [1.82, 2.24) is 29.5 Å². The molecule has 19 heteroatoms. The number of aromatic nitrogens is 4. The summed E-state index contributed by atoms with van der Waals surface area (Å²) in [6, 6.07) is 34.9. The molecule has 2 amide bonds. The van der Waals surface area contributed by atoms with Gasteiger partial charge in [0.05, 0.1) is 52.4 Å². The number of fused-ring (bicyclic) bond motifs is 1. The average molecular weight is 1010 g/mol. The molecule has 0 aliphatic carbocycles. The van der Waals surface area contributed by atoms with Gasteiger partial charge in [-0.1, -0.05) is 66.7 Å². The number of hydrogen-bond donors (Lipinski definition) is 2. The zero-order chi connectivity index (χ0) is 50.3. The van der Waals surface area contributed by atoms with Crippen molar-refractivity contribution in [3.8, 4) is 17.6 Å². The van der Waals surface area contributed by atoms with Gasteiger partial charge in [0, 0.05) is 36.4 Å². The van der Waals surface area contributed by atoms with Crippen LogP contribution in [0.1, 0.15) is 79.4 Å². The van der Waals surface area contributed by atoms with Crippen molar-refractivity contribution < 1.29 is 42.3 Å². The summed E-state index contributed by atoms with van der Waals surface area (Å²) in [7, 11) is 1.57. The van der Waals surface area contributed by atoms with Gasteiger partial charge in [-0.2, -0.15) is 17.0 Å². The summed E-state index contributed by atoms with van der Waals surface area (Å²) >= 11 is 1.59. The molecule has 1 saturated heterocycles. The summed E-state index contributed by atoms with van der Waals surface area (Å²) in [5.74, 6) is 1.92. The van der Waals surface area contributed by atoms with E-state index in [1.54, 1.807) is 56.6 Å². The minimum absolute atomic E-state index is 0.0509. The number of benzene rings is 4. The Labute approximate surface area is 420 Å². The quantitative estimate of drug-likeness (QED) is 0.0330. The number of thioether (sulfide) groups is 1. The maximum absolute atomic E-state index is 13.6. The molecule has 2 aromatic heterocycles. The normalized spacial score (nSPS) is 16.3. The Bertz CT molecular complexity index is 2630. The third-order valence-electron chi connectivity index (χ3n) is 11.8. The predicted octanol–water partition coefficient (Wildman–Crippen LogP) is 9.64. The molecule has 1 fully saturated rings. The Morgan fingerprint density at radius 2 is 1.54 bits per heavy atom. The zero-order valence-electron chi connectivity index (χ0n) is 41.0. The van der Waals surface area contributed by atoms with Crippen LogP contribution in [-0.2, 0) is 35.4 Å². The van der Waals surface area contributed by atoms with Crippen molar-refractivity contribution in [2.45, 2.75) is 83.2 Å². The van der Waals surface area contributed by atoms with E-state index in [1.807, 2.05) is 89.7 Å². The van der Waals surface area contributed by atoms with Crippen molar-refractivity contribution in [2.24, 2.45) is 0 Å². The van der Waals surface area contributed by atoms with Gasteiger partial charge in [0.15, 0.2) is 17.0 Å². The number of nitrogens with one attached hydrogen (secondary N) is 2. The third kappa shape index (κ3) is 12.8. The molecule has 1 aliphatic heterocycles. The third-order valence-corrected chi connectivity index (χ3v) is 14.5. The highest BCUT2D eigenvalue weighted by molar-refractivity contribution is 7.98. The number of amides is 2. The monoisotopic (exact) mass is 1000 g/mol. The second kappa shape index (κ2) is 25.3. The van der Waals surface area contributed by atoms with E-state index in [4.69, 9.17) is 37.7 Å². The standard InChI is InChI=1S/C52H61N8O9PS/c1-35(2)60(36(3)4)70(67-27-11-26-53)69-44-30-46(59-34-57-47-48(55-33-56-49(47)59)58-50(61)38-16-14-37(15-17-38)31-54-51(62)65-28-29-71-7)68-45(44)32-66-52(39-12-9-8-10-13-39,40-18-22-42(63-5)23-19-40)41-20-24-43(64-6)25-21-41/h8-10,12-25,33-36,44-46H,11,27-32H2,1-7H3,(H,54,62)(H,55,56,58,61). The number of rotatable bonds is 24. The fourth-order valence-corrected chi connectivity index (χ4v) is 10.4. The molecular weight excluding hydrogens is 944 g/mol. The van der Waals surface area contributed by atoms with E-state index in [-0.39, 0.29) is 44.1 Å². The van der Waals surface area contributed by atoms with Gasteiger partial charge in [-0.05, 0) is 92.6 Å². The predicted molar refractivity (Wildman–Crippen MR) is 273 cm³/mol. The summed E-state index contributed by atoms with van der Waals surface area (Å²) in [5, 5.41) is 15.1. The summed E-state index contributed by atoms with van der Waals surface area (Å²) < 4.78 is 48.2. The number of anilines is 1. The van der Waals surface area contributed by atoms with Gasteiger partial charge in [-0.3, -0.25) is 9.36 Å². The Kier molecular flexibility index (Phi) is 18.8. The summed E-state index contributed by atoms with van der Waals surface area (Å²) in [5.41, 5.74) is 3.41. The topological polar surface area (TPSA) is 193 Å². The number of imidazole rings is 1. The molecular formula is C52H61N8O9PS. The largest absolute Gasteiger partial charge is 0.497 e. The molecule has 17 nitrogen and oxygen atoms in total. The van der Waals surface area contributed by atoms with Crippen molar-refractivity contribution in [2.75, 3.05) is 51.4 Å². The molecule has 0 saturated carbocycles. The first-order valence-electron chi connectivity index (χ1n) is 23.4. The second-order valence-corrected chi connectivity index (χ2v) is 19.4. The molecule has 7 rings (SSSR count). The number of hydrogen-bond acceptors (Lipinski definition) is 15. The lowest BCUT2D eigenvalue weighted by molar-refractivity contribution is -0.0912. The lowest BCUT2D eigenvalue weighted by Gasteiger charge is -2.39. The Morgan fingerprint density at radius 3 is 2.14 bits per heavy atom. The minimum atomic E-state index is -1.70. The Morgan fingerprint density at radius 1 is 0.887 bits per heavy atom. The first-order chi connectivity index (χ1) is 34.5. The van der Waals surface area contributed by atoms with Crippen LogP contribution >= 0.6 is 20.3 Å². The molecule has 2 N–H and O–H groups in total. The fourth-order valence-electron chi connectivity index (χ4n) is 8.37. The van der Waals surface area contributed by atoms with Crippen molar-refractivity contribution in [3.63, 3.8) is 0 Å². The summed E-state index contributed by atoms with van der Waals surface area (Å²) in [6.45, 7) is 9.18. The molecule has 374 valence electrons. The van der Waals surface area contributed by atoms with Crippen LogP contribution in [0.3, 0.4) is 0 Å². The second-order valence-electron chi connectivity index (χ2n) is 17.1. The van der Waals surface area contributed by atoms with Gasteiger partial charge in [0.2, 0.25) is 0 Å². The van der Waals surface area contributed by atoms with Gasteiger partial charge < -0.3 is 43.4 Å². The number of nitriles is 1. The zero-order valence-corrected chi connectivity index (χ0v) is 42.7. The highest BCUT2D eigenvalue weighted by Crippen LogP contribution is 2.51. The molecule has 4 unspecified atom stereocenters. The lowest BCUT2D eigenvalue weighted by Crippen LogP contribution is -2.39. The molecule has 4 aromatic carbocycles. The van der Waals surface area contributed by atoms with Gasteiger partial charge in [-0.25, -0.2) is 24.4 Å². The summed E-state index contributed by atoms with van der Waals surface area (Å²) in [6.07, 6.45) is 3.06. The highest BCUT2D eigenvalue weighted by Gasteiger charge is 2.45. The van der Waals surface area contributed by atoms with Crippen LogP contribution in [0.15, 0.2) is 116 Å². The van der Waals surface area contributed by atoms with E-state index in [9.17, 15) is 14.9 Å². The molecule has 3 heterocycles. The van der Waals surface area contributed by atoms with Crippen LogP contribution in [0.2, 0.25) is 0 Å². The summed E-state index contributed by atoms with van der Waals surface area (Å²) in [4.78, 5) is 39.4. The van der Waals surface area contributed by atoms with Gasteiger partial charge in [0.1, 0.15) is 42.4 Å². The molecule has 1 aliphatic rings. The Hall–Kier alpha value is -6.16. The van der Waals surface area contributed by atoms with Crippen LogP contribution in [0.5, 0.6) is 11.5 Å². The van der Waals surface area contributed by atoms with Crippen LogP contribution in [0.25, 0.3) is 11.2 Å². The van der Waals surface area contributed by atoms with Crippen molar-refractivity contribution >= 4 is 49.3 Å². The lowest BCUT2D eigenvalue weighted by atomic mass is 9.80. The molecule has 0 bridgehead atoms.